The zero-order chi connectivity index (χ0) is 11.4. The van der Waals surface area contributed by atoms with Crippen molar-refractivity contribution in [1.82, 2.24) is 4.90 Å². The van der Waals surface area contributed by atoms with Crippen LogP contribution in [0.15, 0.2) is 0 Å². The Kier molecular flexibility index (Phi) is 4.12. The number of aliphatic carboxylic acids is 1. The summed E-state index contributed by atoms with van der Waals surface area (Å²) in [5, 5.41) is 8.80. The second-order valence-corrected chi connectivity index (χ2v) is 4.38. The van der Waals surface area contributed by atoms with Crippen LogP contribution in [0.3, 0.4) is 0 Å². The molecule has 1 aliphatic rings. The second-order valence-electron chi connectivity index (χ2n) is 4.38. The maximum atomic E-state index is 11.7. The number of amides is 1. The van der Waals surface area contributed by atoms with Gasteiger partial charge < -0.3 is 10.0 Å². The van der Waals surface area contributed by atoms with Crippen molar-refractivity contribution in [2.45, 2.75) is 33.1 Å². The molecule has 4 heteroatoms. The molecule has 0 aromatic heterocycles. The van der Waals surface area contributed by atoms with Gasteiger partial charge >= 0.3 is 5.97 Å². The summed E-state index contributed by atoms with van der Waals surface area (Å²) in [6, 6.07) is 0. The minimum absolute atomic E-state index is 0.105. The maximum Gasteiger partial charge on any atom is 0.308 e. The average Bonchev–Trinajstić information content (AvgIpc) is 2.66. The third-order valence-electron chi connectivity index (χ3n) is 3.11. The van der Waals surface area contributed by atoms with Gasteiger partial charge in [-0.1, -0.05) is 20.3 Å². The molecular formula is C11H19NO3. The van der Waals surface area contributed by atoms with Gasteiger partial charge in [0.05, 0.1) is 5.92 Å². The highest BCUT2D eigenvalue weighted by molar-refractivity contribution is 5.78. The number of carboxylic acid groups (broad SMARTS) is 1. The third-order valence-corrected chi connectivity index (χ3v) is 3.11. The molecule has 0 saturated carbocycles. The molecule has 0 radical (unpaired) electrons. The first kappa shape index (κ1) is 12.0. The molecular weight excluding hydrogens is 194 g/mol. The van der Waals surface area contributed by atoms with Crippen LogP contribution in [0, 0.1) is 11.8 Å². The van der Waals surface area contributed by atoms with Gasteiger partial charge in [-0.25, -0.2) is 0 Å². The van der Waals surface area contributed by atoms with Gasteiger partial charge in [-0.2, -0.15) is 0 Å². The van der Waals surface area contributed by atoms with Crippen molar-refractivity contribution >= 4 is 11.9 Å². The molecule has 1 N–H and O–H groups in total. The highest BCUT2D eigenvalue weighted by atomic mass is 16.4. The van der Waals surface area contributed by atoms with Crippen molar-refractivity contribution in [3.8, 4) is 0 Å². The number of rotatable bonds is 4. The van der Waals surface area contributed by atoms with Crippen LogP contribution in [0.2, 0.25) is 0 Å². The maximum absolute atomic E-state index is 11.7. The summed E-state index contributed by atoms with van der Waals surface area (Å²) in [7, 11) is 0. The van der Waals surface area contributed by atoms with Gasteiger partial charge in [0.15, 0.2) is 0 Å². The minimum atomic E-state index is -0.783. The molecule has 15 heavy (non-hydrogen) atoms. The van der Waals surface area contributed by atoms with Crippen LogP contribution in [-0.4, -0.2) is 35.0 Å². The van der Waals surface area contributed by atoms with Crippen LogP contribution in [0.4, 0.5) is 0 Å². The predicted molar refractivity (Wildman–Crippen MR) is 56.4 cm³/mol. The van der Waals surface area contributed by atoms with Gasteiger partial charge in [0, 0.05) is 19.5 Å². The summed E-state index contributed by atoms with van der Waals surface area (Å²) < 4.78 is 0. The van der Waals surface area contributed by atoms with E-state index in [-0.39, 0.29) is 11.8 Å². The van der Waals surface area contributed by atoms with E-state index in [0.29, 0.717) is 31.8 Å². The van der Waals surface area contributed by atoms with Gasteiger partial charge in [-0.15, -0.1) is 0 Å². The van der Waals surface area contributed by atoms with Crippen LogP contribution < -0.4 is 0 Å². The molecule has 0 aromatic carbocycles. The quantitative estimate of drug-likeness (QED) is 0.767. The van der Waals surface area contributed by atoms with Crippen LogP contribution in [0.1, 0.15) is 33.1 Å². The predicted octanol–water partition coefficient (Wildman–Crippen LogP) is 1.36. The first-order chi connectivity index (χ1) is 7.04. The normalized spacial score (nSPS) is 22.8. The summed E-state index contributed by atoms with van der Waals surface area (Å²) in [5.41, 5.74) is 0. The highest BCUT2D eigenvalue weighted by Crippen LogP contribution is 2.19. The van der Waals surface area contributed by atoms with Gasteiger partial charge in [-0.05, 0) is 12.3 Å². The molecule has 1 saturated heterocycles. The number of carboxylic acids is 1. The fraction of sp³-hybridized carbons (Fsp3) is 0.818. The van der Waals surface area contributed by atoms with E-state index < -0.39 is 5.97 Å². The van der Waals surface area contributed by atoms with Crippen molar-refractivity contribution in [1.29, 1.82) is 0 Å². The van der Waals surface area contributed by atoms with Gasteiger partial charge in [0.25, 0.3) is 0 Å². The Morgan fingerprint density at radius 2 is 2.20 bits per heavy atom. The van der Waals surface area contributed by atoms with E-state index in [1.165, 1.54) is 0 Å². The van der Waals surface area contributed by atoms with Crippen LogP contribution in [-0.2, 0) is 9.59 Å². The van der Waals surface area contributed by atoms with E-state index in [0.717, 1.165) is 6.42 Å². The SMILES string of the molecule is CC[C@@H](C)CC(=O)N1CC[C@@H](C(=O)O)C1. The number of likely N-dealkylation sites (tertiary alicyclic amines) is 1. The van der Waals surface area contributed by atoms with Gasteiger partial charge in [0.2, 0.25) is 5.91 Å². The summed E-state index contributed by atoms with van der Waals surface area (Å²) in [4.78, 5) is 24.1. The lowest BCUT2D eigenvalue weighted by molar-refractivity contribution is -0.141. The third kappa shape index (κ3) is 3.22. The van der Waals surface area contributed by atoms with E-state index >= 15 is 0 Å². The van der Waals surface area contributed by atoms with E-state index in [4.69, 9.17) is 5.11 Å². The van der Waals surface area contributed by atoms with Crippen LogP contribution >= 0.6 is 0 Å². The van der Waals surface area contributed by atoms with E-state index in [2.05, 4.69) is 6.92 Å². The number of carbonyl (C=O) groups excluding carboxylic acids is 1. The number of hydrogen-bond donors (Lipinski definition) is 1. The molecule has 0 spiro atoms. The van der Waals surface area contributed by atoms with Crippen molar-refractivity contribution in [3.63, 3.8) is 0 Å². The number of carbonyl (C=O) groups is 2. The molecule has 4 nitrogen and oxygen atoms in total. The van der Waals surface area contributed by atoms with Crippen LogP contribution in [0.5, 0.6) is 0 Å². The average molecular weight is 213 g/mol. The number of hydrogen-bond acceptors (Lipinski definition) is 2. The molecule has 0 unspecified atom stereocenters. The Bertz CT molecular complexity index is 252. The van der Waals surface area contributed by atoms with Crippen molar-refractivity contribution in [2.75, 3.05) is 13.1 Å². The van der Waals surface area contributed by atoms with Gasteiger partial charge in [-0.3, -0.25) is 9.59 Å². The fourth-order valence-corrected chi connectivity index (χ4v) is 1.76. The standard InChI is InChI=1S/C11H19NO3/c1-3-8(2)6-10(13)12-5-4-9(7-12)11(14)15/h8-9H,3-7H2,1-2H3,(H,14,15)/t8-,9-/m1/s1. The van der Waals surface area contributed by atoms with E-state index in [9.17, 15) is 9.59 Å². The Balaban J connectivity index is 2.40. The minimum Gasteiger partial charge on any atom is -0.481 e. The summed E-state index contributed by atoms with van der Waals surface area (Å²) in [6.45, 7) is 5.10. The van der Waals surface area contributed by atoms with E-state index in [1.807, 2.05) is 6.92 Å². The first-order valence-corrected chi connectivity index (χ1v) is 5.55. The zero-order valence-electron chi connectivity index (χ0n) is 9.40. The van der Waals surface area contributed by atoms with Crippen molar-refractivity contribution < 1.29 is 14.7 Å². The lowest BCUT2D eigenvalue weighted by Gasteiger charge is -2.17. The smallest absolute Gasteiger partial charge is 0.308 e. The topological polar surface area (TPSA) is 57.6 Å². The first-order valence-electron chi connectivity index (χ1n) is 5.55. The molecule has 1 amide bonds. The molecule has 1 aliphatic heterocycles. The van der Waals surface area contributed by atoms with Gasteiger partial charge in [0.1, 0.15) is 0 Å². The molecule has 0 aromatic rings. The lowest BCUT2D eigenvalue weighted by atomic mass is 10.0. The monoisotopic (exact) mass is 213 g/mol. The molecule has 0 bridgehead atoms. The Morgan fingerprint density at radius 1 is 1.53 bits per heavy atom. The summed E-state index contributed by atoms with van der Waals surface area (Å²) in [6.07, 6.45) is 2.13. The summed E-state index contributed by atoms with van der Waals surface area (Å²) in [5.74, 6) is -0.644. The number of nitrogens with zero attached hydrogens (tertiary/aromatic N) is 1. The summed E-state index contributed by atoms with van der Waals surface area (Å²) >= 11 is 0. The fourth-order valence-electron chi connectivity index (χ4n) is 1.76. The Hall–Kier alpha value is -1.06. The molecule has 86 valence electrons. The highest BCUT2D eigenvalue weighted by Gasteiger charge is 2.30. The molecule has 1 rings (SSSR count). The lowest BCUT2D eigenvalue weighted by Crippen LogP contribution is -2.30. The molecule has 0 aliphatic carbocycles. The second kappa shape index (κ2) is 5.14. The molecule has 1 fully saturated rings. The van der Waals surface area contributed by atoms with Crippen molar-refractivity contribution in [3.05, 3.63) is 0 Å². The molecule has 1 heterocycles. The van der Waals surface area contributed by atoms with Crippen molar-refractivity contribution in [2.24, 2.45) is 11.8 Å². The Labute approximate surface area is 90.3 Å². The largest absolute Gasteiger partial charge is 0.481 e. The van der Waals surface area contributed by atoms with Crippen LogP contribution in [0.25, 0.3) is 0 Å². The van der Waals surface area contributed by atoms with E-state index in [1.54, 1.807) is 4.90 Å². The Morgan fingerprint density at radius 3 is 2.67 bits per heavy atom. The molecule has 2 atom stereocenters. The zero-order valence-corrected chi connectivity index (χ0v) is 9.40.